The number of nitrogens with one attached hydrogen (secondary N) is 1. The van der Waals surface area contributed by atoms with Crippen molar-refractivity contribution in [2.24, 2.45) is 7.05 Å². The van der Waals surface area contributed by atoms with Crippen molar-refractivity contribution in [3.8, 4) is 17.0 Å². The minimum absolute atomic E-state index is 0.0701. The highest BCUT2D eigenvalue weighted by Crippen LogP contribution is 2.41. The normalized spacial score (nSPS) is 22.8. The summed E-state index contributed by atoms with van der Waals surface area (Å²) in [5.41, 5.74) is 4.53. The number of aryl methyl sites for hydroxylation is 1. The summed E-state index contributed by atoms with van der Waals surface area (Å²) in [5.74, 6) is 1.30. The zero-order chi connectivity index (χ0) is 22.7. The minimum atomic E-state index is -0.0701. The summed E-state index contributed by atoms with van der Waals surface area (Å²) in [7, 11) is 3.50. The Morgan fingerprint density at radius 3 is 2.85 bits per heavy atom. The smallest absolute Gasteiger partial charge is 0.244 e. The van der Waals surface area contributed by atoms with E-state index in [9.17, 15) is 4.79 Å². The van der Waals surface area contributed by atoms with Crippen LogP contribution < -0.4 is 10.1 Å². The maximum atomic E-state index is 12.2. The highest BCUT2D eigenvalue weighted by molar-refractivity contribution is 5.89. The van der Waals surface area contributed by atoms with Crippen molar-refractivity contribution in [3.05, 3.63) is 30.5 Å². The van der Waals surface area contributed by atoms with Gasteiger partial charge in [-0.25, -0.2) is 9.20 Å². The molecule has 0 spiro atoms. The first-order chi connectivity index (χ1) is 15.9. The Balaban J connectivity index is 1.28. The molecule has 0 atom stereocenters. The van der Waals surface area contributed by atoms with Crippen molar-refractivity contribution < 1.29 is 9.53 Å². The number of benzene rings is 1. The van der Waals surface area contributed by atoms with Crippen LogP contribution in [0.15, 0.2) is 30.5 Å². The van der Waals surface area contributed by atoms with E-state index in [-0.39, 0.29) is 17.5 Å². The molecule has 0 radical (unpaired) electrons. The molecule has 1 N–H and O–H groups in total. The second kappa shape index (κ2) is 7.16. The number of nitrogens with zero attached hydrogens (tertiary/aromatic N) is 7. The lowest BCUT2D eigenvalue weighted by Crippen LogP contribution is -2.59. The number of hydrogen-bond acceptors (Lipinski definition) is 7. The van der Waals surface area contributed by atoms with Crippen molar-refractivity contribution >= 4 is 28.4 Å². The molecule has 2 fully saturated rings. The lowest BCUT2D eigenvalue weighted by Gasteiger charge is -2.51. The molecule has 2 aliphatic rings. The third-order valence-corrected chi connectivity index (χ3v) is 7.02. The summed E-state index contributed by atoms with van der Waals surface area (Å²) in [5, 5.41) is 16.4. The molecule has 1 aliphatic carbocycles. The van der Waals surface area contributed by atoms with Crippen molar-refractivity contribution in [3.63, 3.8) is 0 Å². The molecule has 1 aromatic carbocycles. The van der Waals surface area contributed by atoms with E-state index in [1.165, 1.54) is 0 Å². The summed E-state index contributed by atoms with van der Waals surface area (Å²) in [4.78, 5) is 18.9. The Morgan fingerprint density at radius 1 is 1.24 bits per heavy atom. The van der Waals surface area contributed by atoms with Gasteiger partial charge in [0.2, 0.25) is 17.7 Å². The molecule has 1 saturated carbocycles. The van der Waals surface area contributed by atoms with Crippen LogP contribution >= 0.6 is 0 Å². The van der Waals surface area contributed by atoms with E-state index >= 15 is 0 Å². The molecule has 33 heavy (non-hydrogen) atoms. The van der Waals surface area contributed by atoms with Crippen molar-refractivity contribution in [1.82, 2.24) is 34.5 Å². The van der Waals surface area contributed by atoms with Gasteiger partial charge in [-0.15, -0.1) is 10.2 Å². The number of hydrogen-bond donors (Lipinski definition) is 1. The summed E-state index contributed by atoms with van der Waals surface area (Å²) in [6.45, 7) is 3.04. The fraction of sp³-hybridized carbons (Fsp3) is 0.435. The van der Waals surface area contributed by atoms with Gasteiger partial charge in [0.1, 0.15) is 11.0 Å². The van der Waals surface area contributed by atoms with E-state index in [1.54, 1.807) is 16.3 Å². The van der Waals surface area contributed by atoms with Gasteiger partial charge >= 0.3 is 0 Å². The fourth-order valence-electron chi connectivity index (χ4n) is 5.35. The average Bonchev–Trinajstić information content (AvgIpc) is 3.50. The van der Waals surface area contributed by atoms with Gasteiger partial charge in [-0.1, -0.05) is 11.3 Å². The fourth-order valence-corrected chi connectivity index (χ4v) is 5.35. The lowest BCUT2D eigenvalue weighted by molar-refractivity contribution is -0.136. The molecule has 170 valence electrons. The number of carbonyl (C=O) groups excluding carboxylic acids is 1. The van der Waals surface area contributed by atoms with Crippen LogP contribution in [-0.4, -0.2) is 65.6 Å². The van der Waals surface area contributed by atoms with E-state index < -0.39 is 0 Å². The summed E-state index contributed by atoms with van der Waals surface area (Å²) >= 11 is 0. The van der Waals surface area contributed by atoms with Crippen molar-refractivity contribution in [2.75, 3.05) is 19.0 Å². The molecular weight excluding hydrogens is 420 g/mol. The van der Waals surface area contributed by atoms with Gasteiger partial charge in [0.25, 0.3) is 0 Å². The molecular formula is C23H26N8O2. The van der Waals surface area contributed by atoms with E-state index in [1.807, 2.05) is 36.3 Å². The van der Waals surface area contributed by atoms with Gasteiger partial charge in [0.05, 0.1) is 12.6 Å². The van der Waals surface area contributed by atoms with Crippen LogP contribution in [0.4, 0.5) is 5.95 Å². The molecule has 0 unspecified atom stereocenters. The number of fused-ring (bicyclic) bond motifs is 2. The predicted molar refractivity (Wildman–Crippen MR) is 123 cm³/mol. The standard InChI is InChI=1S/C23H26N8O2/c1-23(30-9-4-5-19(30)32)12-15(13-23)24-22-25-21(33-3)20-16(8-10-31(20)27-22)14-6-7-17-18(11-14)29(2)28-26-17/h6-8,10-11,15H,4-5,9,12-13H2,1-3H3,(H,24,27). The number of anilines is 1. The first-order valence-electron chi connectivity index (χ1n) is 11.3. The van der Waals surface area contributed by atoms with Crippen molar-refractivity contribution in [1.29, 1.82) is 0 Å². The molecule has 10 heteroatoms. The van der Waals surface area contributed by atoms with Gasteiger partial charge in [0.15, 0.2) is 0 Å². The topological polar surface area (TPSA) is 102 Å². The highest BCUT2D eigenvalue weighted by Gasteiger charge is 2.48. The molecule has 1 saturated heterocycles. The monoisotopic (exact) mass is 446 g/mol. The minimum Gasteiger partial charge on any atom is -0.479 e. The molecule has 0 bridgehead atoms. The molecule has 3 aromatic heterocycles. The van der Waals surface area contributed by atoms with Gasteiger partial charge in [-0.05, 0) is 49.9 Å². The van der Waals surface area contributed by atoms with Crippen molar-refractivity contribution in [2.45, 2.75) is 44.2 Å². The number of carbonyl (C=O) groups is 1. The number of amides is 1. The Morgan fingerprint density at radius 2 is 2.09 bits per heavy atom. The van der Waals surface area contributed by atoms with Gasteiger partial charge < -0.3 is 15.0 Å². The van der Waals surface area contributed by atoms with Crippen LogP contribution in [0, 0.1) is 0 Å². The second-order valence-corrected chi connectivity index (χ2v) is 9.28. The number of methoxy groups -OCH3 is 1. The van der Waals surface area contributed by atoms with Crippen LogP contribution in [0.5, 0.6) is 5.88 Å². The maximum Gasteiger partial charge on any atom is 0.244 e. The first-order valence-corrected chi connectivity index (χ1v) is 11.3. The van der Waals surface area contributed by atoms with Crippen LogP contribution in [-0.2, 0) is 11.8 Å². The third kappa shape index (κ3) is 3.12. The Hall–Kier alpha value is -3.69. The molecule has 4 heterocycles. The quantitative estimate of drug-likeness (QED) is 0.503. The Labute approximate surface area is 190 Å². The largest absolute Gasteiger partial charge is 0.479 e. The Kier molecular flexibility index (Phi) is 4.33. The lowest BCUT2D eigenvalue weighted by atomic mass is 9.73. The van der Waals surface area contributed by atoms with Crippen LogP contribution in [0.25, 0.3) is 27.7 Å². The van der Waals surface area contributed by atoms with E-state index in [4.69, 9.17) is 4.74 Å². The summed E-state index contributed by atoms with van der Waals surface area (Å²) in [6.07, 6.45) is 5.32. The molecule has 1 amide bonds. The number of likely N-dealkylation sites (tertiary alicyclic amines) is 1. The average molecular weight is 447 g/mol. The van der Waals surface area contributed by atoms with Crippen LogP contribution in [0.3, 0.4) is 0 Å². The summed E-state index contributed by atoms with van der Waals surface area (Å²) < 4.78 is 9.22. The number of aromatic nitrogens is 6. The van der Waals surface area contributed by atoms with Crippen LogP contribution in [0.1, 0.15) is 32.6 Å². The molecule has 6 rings (SSSR count). The first kappa shape index (κ1) is 20.0. The van der Waals surface area contributed by atoms with Gasteiger partial charge in [-0.3, -0.25) is 4.79 Å². The molecule has 10 nitrogen and oxygen atoms in total. The third-order valence-electron chi connectivity index (χ3n) is 7.02. The van der Waals surface area contributed by atoms with Crippen LogP contribution in [0.2, 0.25) is 0 Å². The van der Waals surface area contributed by atoms with E-state index in [2.05, 4.69) is 38.7 Å². The van der Waals surface area contributed by atoms with Gasteiger partial charge in [-0.2, -0.15) is 4.98 Å². The zero-order valence-electron chi connectivity index (χ0n) is 18.9. The zero-order valence-corrected chi connectivity index (χ0v) is 18.9. The number of ether oxygens (including phenoxy) is 1. The van der Waals surface area contributed by atoms with E-state index in [0.29, 0.717) is 18.2 Å². The number of rotatable bonds is 5. The Bertz CT molecular complexity index is 1380. The second-order valence-electron chi connectivity index (χ2n) is 9.28. The summed E-state index contributed by atoms with van der Waals surface area (Å²) in [6, 6.07) is 8.28. The SMILES string of the molecule is COc1nc(NC2CC(C)(N3CCCC3=O)C2)nn2ccc(-c3ccc4nnn(C)c4c3)c12. The molecule has 4 aromatic rings. The maximum absolute atomic E-state index is 12.2. The van der Waals surface area contributed by atoms with E-state index in [0.717, 1.165) is 53.5 Å². The van der Waals surface area contributed by atoms with Gasteiger partial charge in [0, 0.05) is 43.4 Å². The predicted octanol–water partition coefficient (Wildman–Crippen LogP) is 2.64. The highest BCUT2D eigenvalue weighted by atomic mass is 16.5. The molecule has 1 aliphatic heterocycles.